The van der Waals surface area contributed by atoms with Gasteiger partial charge in [-0.15, -0.1) is 0 Å². The summed E-state index contributed by atoms with van der Waals surface area (Å²) in [5.41, 5.74) is 2.85. The van der Waals surface area contributed by atoms with Crippen molar-refractivity contribution in [3.05, 3.63) is 93.5 Å². The number of hydrogen-bond donors (Lipinski definition) is 1. The summed E-state index contributed by atoms with van der Waals surface area (Å²) in [7, 11) is 1.62. The number of methoxy groups -OCH3 is 1. The molecule has 0 aliphatic heterocycles. The summed E-state index contributed by atoms with van der Waals surface area (Å²) in [5.74, 6) is 0.913. The number of rotatable bonds is 4. The molecule has 0 fully saturated rings. The van der Waals surface area contributed by atoms with Crippen LogP contribution >= 0.6 is 27.5 Å². The van der Waals surface area contributed by atoms with E-state index < -0.39 is 0 Å². The van der Waals surface area contributed by atoms with Crippen molar-refractivity contribution in [2.24, 2.45) is 0 Å². The third-order valence-corrected chi connectivity index (χ3v) is 5.42. The lowest BCUT2D eigenvalue weighted by atomic mass is 9.97. The first-order chi connectivity index (χ1) is 13.1. The summed E-state index contributed by atoms with van der Waals surface area (Å²) in [6.45, 7) is 0. The molecule has 1 aromatic heterocycles. The molecule has 4 aromatic rings. The summed E-state index contributed by atoms with van der Waals surface area (Å²) < 4.78 is 8.57. The molecule has 5 heteroatoms. The first-order valence-electron chi connectivity index (χ1n) is 8.45. The maximum Gasteiger partial charge on any atom is 0.121 e. The highest BCUT2D eigenvalue weighted by molar-refractivity contribution is 9.10. The summed E-state index contributed by atoms with van der Waals surface area (Å²) >= 11 is 9.62. The van der Waals surface area contributed by atoms with E-state index in [1.54, 1.807) is 19.2 Å². The Hall–Kier alpha value is -2.43. The molecule has 0 aliphatic carbocycles. The molecule has 1 atom stereocenters. The Morgan fingerprint density at radius 2 is 1.78 bits per heavy atom. The molecule has 1 heterocycles. The molecule has 0 amide bonds. The molecule has 0 saturated carbocycles. The van der Waals surface area contributed by atoms with Gasteiger partial charge >= 0.3 is 0 Å². The van der Waals surface area contributed by atoms with E-state index in [1.165, 1.54) is 0 Å². The number of hydrogen-bond acceptors (Lipinski definition) is 2. The zero-order valence-corrected chi connectivity index (χ0v) is 16.9. The van der Waals surface area contributed by atoms with Gasteiger partial charge in [0.15, 0.2) is 0 Å². The van der Waals surface area contributed by atoms with Gasteiger partial charge in [-0.05, 0) is 60.2 Å². The van der Waals surface area contributed by atoms with Gasteiger partial charge in [0, 0.05) is 32.2 Å². The second-order valence-electron chi connectivity index (χ2n) is 6.30. The highest BCUT2D eigenvalue weighted by atomic mass is 79.9. The van der Waals surface area contributed by atoms with E-state index in [-0.39, 0.29) is 11.8 Å². The first-order valence-corrected chi connectivity index (χ1v) is 9.62. The van der Waals surface area contributed by atoms with Crippen molar-refractivity contribution in [1.29, 1.82) is 0 Å². The number of phenols is 1. The van der Waals surface area contributed by atoms with E-state index in [1.807, 2.05) is 42.6 Å². The molecule has 1 N–H and O–H groups in total. The zero-order chi connectivity index (χ0) is 19.0. The van der Waals surface area contributed by atoms with Crippen LogP contribution in [0.4, 0.5) is 0 Å². The summed E-state index contributed by atoms with van der Waals surface area (Å²) in [4.78, 5) is 0. The molecule has 3 aromatic carbocycles. The largest absolute Gasteiger partial charge is 0.508 e. The van der Waals surface area contributed by atoms with Crippen LogP contribution in [-0.2, 0) is 0 Å². The van der Waals surface area contributed by atoms with Crippen LogP contribution in [0.5, 0.6) is 11.5 Å². The van der Waals surface area contributed by atoms with Gasteiger partial charge in [-0.1, -0.05) is 39.7 Å². The minimum Gasteiger partial charge on any atom is -0.508 e. The number of nitrogens with zero attached hydrogens (tertiary/aromatic N) is 1. The van der Waals surface area contributed by atoms with Crippen molar-refractivity contribution in [2.75, 3.05) is 7.11 Å². The van der Waals surface area contributed by atoms with Crippen molar-refractivity contribution < 1.29 is 9.84 Å². The van der Waals surface area contributed by atoms with Gasteiger partial charge < -0.3 is 14.4 Å². The number of benzene rings is 3. The second kappa shape index (κ2) is 7.29. The molecule has 3 nitrogen and oxygen atoms in total. The SMILES string of the molecule is COc1ccc(O)c(C(c2ccc(Cl)cc2)n2ccc3cc(Br)ccc32)c1. The molecular formula is C22H17BrClNO2. The van der Waals surface area contributed by atoms with Gasteiger partial charge in [-0.2, -0.15) is 0 Å². The fourth-order valence-electron chi connectivity index (χ4n) is 3.37. The van der Waals surface area contributed by atoms with E-state index in [0.29, 0.717) is 10.8 Å². The average molecular weight is 443 g/mol. The number of aromatic nitrogens is 1. The smallest absolute Gasteiger partial charge is 0.121 e. The fourth-order valence-corrected chi connectivity index (χ4v) is 3.88. The number of aromatic hydroxyl groups is 1. The fraction of sp³-hybridized carbons (Fsp3) is 0.0909. The predicted octanol–water partition coefficient (Wildman–Crippen LogP) is 6.41. The molecule has 4 rings (SSSR count). The highest BCUT2D eigenvalue weighted by Crippen LogP contribution is 2.38. The molecule has 1 unspecified atom stereocenters. The lowest BCUT2D eigenvalue weighted by Crippen LogP contribution is -2.12. The molecular weight excluding hydrogens is 426 g/mol. The summed E-state index contributed by atoms with van der Waals surface area (Å²) in [6.07, 6.45) is 2.04. The Labute approximate surface area is 170 Å². The Morgan fingerprint density at radius 3 is 2.52 bits per heavy atom. The summed E-state index contributed by atoms with van der Waals surface area (Å²) in [5, 5.41) is 12.4. The van der Waals surface area contributed by atoms with Gasteiger partial charge in [0.1, 0.15) is 11.5 Å². The Kier molecular flexibility index (Phi) is 4.85. The molecule has 0 radical (unpaired) electrons. The van der Waals surface area contributed by atoms with E-state index in [0.717, 1.165) is 26.5 Å². The third kappa shape index (κ3) is 3.43. The van der Waals surface area contributed by atoms with E-state index in [4.69, 9.17) is 16.3 Å². The standard InChI is InChI=1S/C22H17BrClNO2/c1-27-18-7-9-21(26)19(13-18)22(14-2-5-17(24)6-3-14)25-11-10-15-12-16(23)4-8-20(15)25/h2-13,22,26H,1H3. The van der Waals surface area contributed by atoms with Crippen LogP contribution in [0.3, 0.4) is 0 Å². The number of fused-ring (bicyclic) bond motifs is 1. The van der Waals surface area contributed by atoms with Crippen LogP contribution in [0.1, 0.15) is 17.2 Å². The number of phenolic OH excluding ortho intramolecular Hbond substituents is 1. The van der Waals surface area contributed by atoms with Gasteiger partial charge in [0.2, 0.25) is 0 Å². The molecule has 0 spiro atoms. The van der Waals surface area contributed by atoms with Gasteiger partial charge in [0.25, 0.3) is 0 Å². The highest BCUT2D eigenvalue weighted by Gasteiger charge is 2.22. The zero-order valence-electron chi connectivity index (χ0n) is 14.6. The molecule has 0 saturated heterocycles. The monoisotopic (exact) mass is 441 g/mol. The quantitative estimate of drug-likeness (QED) is 0.396. The molecule has 136 valence electrons. The van der Waals surface area contributed by atoms with Gasteiger partial charge in [-0.25, -0.2) is 0 Å². The topological polar surface area (TPSA) is 34.4 Å². The maximum atomic E-state index is 10.6. The predicted molar refractivity (Wildman–Crippen MR) is 113 cm³/mol. The molecule has 0 bridgehead atoms. The van der Waals surface area contributed by atoms with Crippen molar-refractivity contribution >= 4 is 38.4 Å². The van der Waals surface area contributed by atoms with Crippen LogP contribution in [-0.4, -0.2) is 16.8 Å². The number of halogens is 2. The van der Waals surface area contributed by atoms with Crippen molar-refractivity contribution in [3.63, 3.8) is 0 Å². The lowest BCUT2D eigenvalue weighted by Gasteiger charge is -2.23. The minimum absolute atomic E-state index is 0.217. The average Bonchev–Trinajstić information content (AvgIpc) is 3.07. The van der Waals surface area contributed by atoms with Crippen molar-refractivity contribution in [3.8, 4) is 11.5 Å². The molecule has 0 aliphatic rings. The van der Waals surface area contributed by atoms with Crippen LogP contribution in [0.15, 0.2) is 77.4 Å². The van der Waals surface area contributed by atoms with Crippen LogP contribution in [0.25, 0.3) is 10.9 Å². The number of ether oxygens (including phenoxy) is 1. The molecule has 27 heavy (non-hydrogen) atoms. The third-order valence-electron chi connectivity index (χ3n) is 4.68. The van der Waals surface area contributed by atoms with E-state index >= 15 is 0 Å². The Bertz CT molecular complexity index is 1110. The lowest BCUT2D eigenvalue weighted by molar-refractivity contribution is 0.409. The Morgan fingerprint density at radius 1 is 1.00 bits per heavy atom. The second-order valence-corrected chi connectivity index (χ2v) is 7.66. The van der Waals surface area contributed by atoms with Crippen LogP contribution in [0, 0.1) is 0 Å². The van der Waals surface area contributed by atoms with Crippen LogP contribution in [0.2, 0.25) is 5.02 Å². The van der Waals surface area contributed by atoms with E-state index in [2.05, 4.69) is 38.7 Å². The van der Waals surface area contributed by atoms with Crippen molar-refractivity contribution in [1.82, 2.24) is 4.57 Å². The van der Waals surface area contributed by atoms with E-state index in [9.17, 15) is 5.11 Å². The van der Waals surface area contributed by atoms with Crippen molar-refractivity contribution in [2.45, 2.75) is 6.04 Å². The van der Waals surface area contributed by atoms with Gasteiger partial charge in [-0.3, -0.25) is 0 Å². The first kappa shape index (κ1) is 18.0. The van der Waals surface area contributed by atoms with Crippen LogP contribution < -0.4 is 4.74 Å². The van der Waals surface area contributed by atoms with Gasteiger partial charge in [0.05, 0.1) is 13.2 Å². The maximum absolute atomic E-state index is 10.6. The minimum atomic E-state index is -0.226. The Balaban J connectivity index is 1.97. The summed E-state index contributed by atoms with van der Waals surface area (Å²) in [6, 6.07) is 21.0. The normalized spacial score (nSPS) is 12.3.